The molecule has 7 nitrogen and oxygen atoms in total. The van der Waals surface area contributed by atoms with Crippen LogP contribution in [0, 0.1) is 0 Å². The SMILES string of the molecule is COC(=O)[C@@H]1CCS[C@H](CNC(=O)OC(C)(C)C)N1C(=O)CCl. The van der Waals surface area contributed by atoms with Crippen molar-refractivity contribution in [2.45, 2.75) is 44.2 Å². The molecule has 1 rings (SSSR count). The third-order valence-electron chi connectivity index (χ3n) is 3.04. The molecule has 0 aromatic heterocycles. The minimum Gasteiger partial charge on any atom is -0.467 e. The lowest BCUT2D eigenvalue weighted by molar-refractivity contribution is -0.153. The van der Waals surface area contributed by atoms with Crippen LogP contribution < -0.4 is 5.32 Å². The van der Waals surface area contributed by atoms with Gasteiger partial charge in [-0.2, -0.15) is 0 Å². The minimum atomic E-state index is -0.682. The van der Waals surface area contributed by atoms with Crippen LogP contribution in [0.2, 0.25) is 0 Å². The second kappa shape index (κ2) is 8.63. The van der Waals surface area contributed by atoms with Crippen molar-refractivity contribution < 1.29 is 23.9 Å². The molecule has 0 saturated carbocycles. The summed E-state index contributed by atoms with van der Waals surface area (Å²) < 4.78 is 9.92. The summed E-state index contributed by atoms with van der Waals surface area (Å²) in [6, 6.07) is -0.682. The third-order valence-corrected chi connectivity index (χ3v) is 4.52. The van der Waals surface area contributed by atoms with Gasteiger partial charge in [0.25, 0.3) is 0 Å². The third kappa shape index (κ3) is 6.10. The van der Waals surface area contributed by atoms with E-state index >= 15 is 0 Å². The van der Waals surface area contributed by atoms with Crippen LogP contribution >= 0.6 is 23.4 Å². The van der Waals surface area contributed by atoms with Gasteiger partial charge in [-0.1, -0.05) is 0 Å². The molecular weight excluding hydrogens is 344 g/mol. The Hall–Kier alpha value is -1.15. The number of nitrogens with zero attached hydrogens (tertiary/aromatic N) is 1. The van der Waals surface area contributed by atoms with Crippen molar-refractivity contribution >= 4 is 41.3 Å². The van der Waals surface area contributed by atoms with E-state index in [1.165, 1.54) is 23.8 Å². The van der Waals surface area contributed by atoms with Crippen molar-refractivity contribution in [2.24, 2.45) is 0 Å². The van der Waals surface area contributed by atoms with Crippen molar-refractivity contribution in [2.75, 3.05) is 25.3 Å². The molecule has 2 atom stereocenters. The second-order valence-electron chi connectivity index (χ2n) is 5.97. The van der Waals surface area contributed by atoms with Gasteiger partial charge in [0.2, 0.25) is 5.91 Å². The van der Waals surface area contributed by atoms with Gasteiger partial charge < -0.3 is 19.7 Å². The lowest BCUT2D eigenvalue weighted by atomic mass is 10.1. The van der Waals surface area contributed by atoms with E-state index in [0.717, 1.165) is 0 Å². The number of rotatable bonds is 4. The number of thioether (sulfide) groups is 1. The van der Waals surface area contributed by atoms with E-state index in [-0.39, 0.29) is 18.3 Å². The Labute approximate surface area is 145 Å². The van der Waals surface area contributed by atoms with Crippen molar-refractivity contribution in [3.8, 4) is 0 Å². The summed E-state index contributed by atoms with van der Waals surface area (Å²) >= 11 is 7.12. The monoisotopic (exact) mass is 366 g/mol. The van der Waals surface area contributed by atoms with Crippen molar-refractivity contribution in [3.05, 3.63) is 0 Å². The molecule has 1 saturated heterocycles. The van der Waals surface area contributed by atoms with Crippen LogP contribution in [0.4, 0.5) is 4.79 Å². The van der Waals surface area contributed by atoms with Gasteiger partial charge in [0.1, 0.15) is 17.5 Å². The van der Waals surface area contributed by atoms with Gasteiger partial charge in [0.05, 0.1) is 19.0 Å². The van der Waals surface area contributed by atoms with Gasteiger partial charge in [-0.3, -0.25) is 4.79 Å². The summed E-state index contributed by atoms with van der Waals surface area (Å²) in [5.74, 6) is -0.417. The molecule has 0 bridgehead atoms. The summed E-state index contributed by atoms with van der Waals surface area (Å²) in [6.45, 7) is 5.45. The maximum absolute atomic E-state index is 12.1. The number of nitrogens with one attached hydrogen (secondary N) is 1. The predicted molar refractivity (Wildman–Crippen MR) is 88.5 cm³/mol. The molecule has 132 valence electrons. The largest absolute Gasteiger partial charge is 0.467 e. The molecule has 0 radical (unpaired) electrons. The molecule has 1 aliphatic rings. The summed E-state index contributed by atoms with van der Waals surface area (Å²) in [6.07, 6.45) is -0.0836. The van der Waals surface area contributed by atoms with E-state index < -0.39 is 29.1 Å². The topological polar surface area (TPSA) is 84.9 Å². The maximum Gasteiger partial charge on any atom is 0.407 e. The molecule has 0 unspecified atom stereocenters. The first kappa shape index (κ1) is 19.9. The molecule has 23 heavy (non-hydrogen) atoms. The number of carbonyl (C=O) groups is 3. The Balaban J connectivity index is 2.75. The first-order chi connectivity index (χ1) is 10.7. The van der Waals surface area contributed by atoms with Crippen molar-refractivity contribution in [3.63, 3.8) is 0 Å². The molecule has 1 heterocycles. The number of esters is 1. The number of methoxy groups -OCH3 is 1. The Bertz CT molecular complexity index is 455. The lowest BCUT2D eigenvalue weighted by Gasteiger charge is -2.40. The molecule has 0 aliphatic carbocycles. The number of alkyl halides is 1. The summed E-state index contributed by atoms with van der Waals surface area (Å²) in [5, 5.41) is 2.23. The van der Waals surface area contributed by atoms with Gasteiger partial charge in [-0.15, -0.1) is 23.4 Å². The minimum absolute atomic E-state index is 0.162. The van der Waals surface area contributed by atoms with E-state index in [2.05, 4.69) is 5.32 Å². The highest BCUT2D eigenvalue weighted by molar-refractivity contribution is 7.99. The predicted octanol–water partition coefficient (Wildman–Crippen LogP) is 1.58. The van der Waals surface area contributed by atoms with Crippen LogP contribution in [0.15, 0.2) is 0 Å². The number of hydrogen-bond donors (Lipinski definition) is 1. The molecule has 0 spiro atoms. The van der Waals surface area contributed by atoms with Crippen LogP contribution in [0.25, 0.3) is 0 Å². The fraction of sp³-hybridized carbons (Fsp3) is 0.786. The number of alkyl carbamates (subject to hydrolysis) is 1. The zero-order valence-corrected chi connectivity index (χ0v) is 15.3. The smallest absolute Gasteiger partial charge is 0.407 e. The van der Waals surface area contributed by atoms with Gasteiger partial charge in [0, 0.05) is 0 Å². The molecule has 9 heteroatoms. The van der Waals surface area contributed by atoms with Crippen LogP contribution in [0.1, 0.15) is 27.2 Å². The van der Waals surface area contributed by atoms with E-state index in [9.17, 15) is 14.4 Å². The normalized spacial score (nSPS) is 21.5. The number of amides is 2. The van der Waals surface area contributed by atoms with Crippen molar-refractivity contribution in [1.82, 2.24) is 10.2 Å². The number of halogens is 1. The number of hydrogen-bond acceptors (Lipinski definition) is 6. The molecule has 1 fully saturated rings. The summed E-state index contributed by atoms with van der Waals surface area (Å²) in [4.78, 5) is 37.1. The number of ether oxygens (including phenoxy) is 2. The Morgan fingerprint density at radius 3 is 2.52 bits per heavy atom. The first-order valence-electron chi connectivity index (χ1n) is 7.23. The molecular formula is C14H23ClN2O5S. The fourth-order valence-corrected chi connectivity index (χ4v) is 3.54. The van der Waals surface area contributed by atoms with Gasteiger partial charge in [-0.05, 0) is 32.9 Å². The fourth-order valence-electron chi connectivity index (χ4n) is 2.15. The highest BCUT2D eigenvalue weighted by Crippen LogP contribution is 2.28. The lowest BCUT2D eigenvalue weighted by Crippen LogP contribution is -2.56. The van der Waals surface area contributed by atoms with E-state index in [1.54, 1.807) is 20.8 Å². The van der Waals surface area contributed by atoms with Crippen LogP contribution in [-0.2, 0) is 19.1 Å². The molecule has 0 aromatic rings. The van der Waals surface area contributed by atoms with E-state index in [0.29, 0.717) is 12.2 Å². The summed E-state index contributed by atoms with van der Waals surface area (Å²) in [5.41, 5.74) is -0.607. The zero-order chi connectivity index (χ0) is 17.6. The average molecular weight is 367 g/mol. The van der Waals surface area contributed by atoms with Crippen LogP contribution in [0.5, 0.6) is 0 Å². The molecule has 1 N–H and O–H groups in total. The summed E-state index contributed by atoms with van der Waals surface area (Å²) in [7, 11) is 1.28. The average Bonchev–Trinajstić information content (AvgIpc) is 2.49. The Kier molecular flexibility index (Phi) is 7.47. The molecule has 2 amide bonds. The molecule has 0 aromatic carbocycles. The second-order valence-corrected chi connectivity index (χ2v) is 7.52. The Morgan fingerprint density at radius 2 is 2.00 bits per heavy atom. The quantitative estimate of drug-likeness (QED) is 0.600. The van der Waals surface area contributed by atoms with E-state index in [4.69, 9.17) is 21.1 Å². The first-order valence-corrected chi connectivity index (χ1v) is 8.81. The standard InChI is InChI=1S/C14H23ClN2O5S/c1-14(2,3)22-13(20)16-8-11-17(10(18)7-15)9(5-6-23-11)12(19)21-4/h9,11H,5-8H2,1-4H3,(H,16,20)/t9-,11+/m0/s1. The van der Waals surface area contributed by atoms with E-state index in [1.807, 2.05) is 0 Å². The van der Waals surface area contributed by atoms with Gasteiger partial charge >= 0.3 is 12.1 Å². The van der Waals surface area contributed by atoms with Crippen LogP contribution in [0.3, 0.4) is 0 Å². The Morgan fingerprint density at radius 1 is 1.35 bits per heavy atom. The highest BCUT2D eigenvalue weighted by Gasteiger charge is 2.39. The maximum atomic E-state index is 12.1. The van der Waals surface area contributed by atoms with Crippen LogP contribution in [-0.4, -0.2) is 65.2 Å². The van der Waals surface area contributed by atoms with Gasteiger partial charge in [0.15, 0.2) is 0 Å². The zero-order valence-electron chi connectivity index (χ0n) is 13.8. The number of carbonyl (C=O) groups excluding carboxylic acids is 3. The molecule has 1 aliphatic heterocycles. The van der Waals surface area contributed by atoms with Gasteiger partial charge in [-0.25, -0.2) is 9.59 Å². The highest BCUT2D eigenvalue weighted by atomic mass is 35.5. The van der Waals surface area contributed by atoms with Crippen molar-refractivity contribution in [1.29, 1.82) is 0 Å².